The van der Waals surface area contributed by atoms with E-state index in [2.05, 4.69) is 0 Å². The summed E-state index contributed by atoms with van der Waals surface area (Å²) in [6.07, 6.45) is 0. The molecule has 0 aliphatic rings. The Morgan fingerprint density at radius 3 is 2.53 bits per heavy atom. The molecule has 0 saturated carbocycles. The standard InChI is InChI=1S/C10H11Cl3O2/c1-14-2-3-15-10-7(6-11)4-8(12)5-9(10)13/h4-5H,2-3,6H2,1H3. The lowest BCUT2D eigenvalue weighted by Gasteiger charge is -2.11. The van der Waals surface area contributed by atoms with Crippen LogP contribution in [0.2, 0.25) is 10.0 Å². The number of alkyl halides is 1. The van der Waals surface area contributed by atoms with Crippen molar-refractivity contribution in [3.63, 3.8) is 0 Å². The SMILES string of the molecule is COCCOc1c(Cl)cc(Cl)cc1CCl. The fourth-order valence-corrected chi connectivity index (χ4v) is 1.89. The van der Waals surface area contributed by atoms with E-state index < -0.39 is 0 Å². The van der Waals surface area contributed by atoms with Crippen molar-refractivity contribution in [1.82, 2.24) is 0 Å². The van der Waals surface area contributed by atoms with Crippen LogP contribution in [0.25, 0.3) is 0 Å². The largest absolute Gasteiger partial charge is 0.489 e. The third kappa shape index (κ3) is 3.72. The van der Waals surface area contributed by atoms with Crippen molar-refractivity contribution >= 4 is 34.8 Å². The molecule has 0 bridgehead atoms. The predicted octanol–water partition coefficient (Wildman–Crippen LogP) is 3.76. The Morgan fingerprint density at radius 1 is 1.20 bits per heavy atom. The Balaban J connectivity index is 2.84. The molecule has 1 aromatic carbocycles. The third-order valence-corrected chi connectivity index (χ3v) is 2.55. The lowest BCUT2D eigenvalue weighted by molar-refractivity contribution is 0.146. The number of methoxy groups -OCH3 is 1. The van der Waals surface area contributed by atoms with Gasteiger partial charge in [0.15, 0.2) is 0 Å². The Labute approximate surface area is 104 Å². The summed E-state index contributed by atoms with van der Waals surface area (Å²) in [6.45, 7) is 0.933. The van der Waals surface area contributed by atoms with Gasteiger partial charge in [-0.3, -0.25) is 0 Å². The highest BCUT2D eigenvalue weighted by molar-refractivity contribution is 6.35. The van der Waals surface area contributed by atoms with Gasteiger partial charge in [-0.15, -0.1) is 11.6 Å². The number of ether oxygens (including phenoxy) is 2. The van der Waals surface area contributed by atoms with Crippen LogP contribution in [0.15, 0.2) is 12.1 Å². The van der Waals surface area contributed by atoms with Gasteiger partial charge in [-0.1, -0.05) is 23.2 Å². The van der Waals surface area contributed by atoms with E-state index in [1.807, 2.05) is 0 Å². The summed E-state index contributed by atoms with van der Waals surface area (Å²) in [7, 11) is 1.61. The fraction of sp³-hybridized carbons (Fsp3) is 0.400. The number of halogens is 3. The van der Waals surface area contributed by atoms with Gasteiger partial charge in [0, 0.05) is 17.7 Å². The van der Waals surface area contributed by atoms with Gasteiger partial charge < -0.3 is 9.47 Å². The van der Waals surface area contributed by atoms with E-state index in [-0.39, 0.29) is 0 Å². The molecular weight excluding hydrogens is 258 g/mol. The van der Waals surface area contributed by atoms with Crippen LogP contribution >= 0.6 is 34.8 Å². The van der Waals surface area contributed by atoms with Gasteiger partial charge in [0.25, 0.3) is 0 Å². The van der Waals surface area contributed by atoms with Crippen molar-refractivity contribution in [1.29, 1.82) is 0 Å². The second-order valence-electron chi connectivity index (χ2n) is 2.85. The quantitative estimate of drug-likeness (QED) is 0.598. The molecule has 5 heteroatoms. The summed E-state index contributed by atoms with van der Waals surface area (Å²) in [4.78, 5) is 0. The first kappa shape index (κ1) is 12.9. The van der Waals surface area contributed by atoms with Crippen LogP contribution in [0.1, 0.15) is 5.56 Å². The zero-order valence-corrected chi connectivity index (χ0v) is 10.5. The molecule has 0 spiro atoms. The van der Waals surface area contributed by atoms with E-state index >= 15 is 0 Å². The van der Waals surface area contributed by atoms with Gasteiger partial charge in [-0.25, -0.2) is 0 Å². The normalized spacial score (nSPS) is 10.4. The lowest BCUT2D eigenvalue weighted by atomic mass is 10.2. The van der Waals surface area contributed by atoms with Gasteiger partial charge in [0.05, 0.1) is 17.5 Å². The maximum Gasteiger partial charge on any atom is 0.142 e. The number of hydrogen-bond donors (Lipinski definition) is 0. The molecule has 0 heterocycles. The van der Waals surface area contributed by atoms with E-state index in [9.17, 15) is 0 Å². The van der Waals surface area contributed by atoms with E-state index in [1.165, 1.54) is 0 Å². The monoisotopic (exact) mass is 268 g/mol. The van der Waals surface area contributed by atoms with Crippen molar-refractivity contribution < 1.29 is 9.47 Å². The summed E-state index contributed by atoms with van der Waals surface area (Å²) < 4.78 is 10.3. The van der Waals surface area contributed by atoms with Crippen molar-refractivity contribution in [3.8, 4) is 5.75 Å². The Bertz CT molecular complexity index is 329. The fourth-order valence-electron chi connectivity index (χ4n) is 1.10. The molecule has 0 radical (unpaired) electrons. The van der Waals surface area contributed by atoms with Gasteiger partial charge >= 0.3 is 0 Å². The molecule has 0 amide bonds. The van der Waals surface area contributed by atoms with E-state index in [0.29, 0.717) is 34.9 Å². The molecule has 1 aromatic rings. The van der Waals surface area contributed by atoms with Crippen LogP contribution in [0.3, 0.4) is 0 Å². The first-order valence-electron chi connectivity index (χ1n) is 4.34. The van der Waals surface area contributed by atoms with Crippen LogP contribution in [-0.2, 0) is 10.6 Å². The highest BCUT2D eigenvalue weighted by Gasteiger charge is 2.09. The van der Waals surface area contributed by atoms with E-state index in [4.69, 9.17) is 44.3 Å². The minimum atomic E-state index is 0.308. The summed E-state index contributed by atoms with van der Waals surface area (Å²) in [5.74, 6) is 0.885. The Morgan fingerprint density at radius 2 is 1.93 bits per heavy atom. The van der Waals surface area contributed by atoms with Crippen LogP contribution in [0.4, 0.5) is 0 Å². The van der Waals surface area contributed by atoms with Crippen molar-refractivity contribution in [2.24, 2.45) is 0 Å². The van der Waals surface area contributed by atoms with Crippen LogP contribution in [0.5, 0.6) is 5.75 Å². The zero-order valence-electron chi connectivity index (χ0n) is 8.23. The summed E-state index contributed by atoms with van der Waals surface area (Å²) >= 11 is 17.6. The van der Waals surface area contributed by atoms with E-state index in [0.717, 1.165) is 5.56 Å². The lowest BCUT2D eigenvalue weighted by Crippen LogP contribution is -2.06. The van der Waals surface area contributed by atoms with Crippen LogP contribution < -0.4 is 4.74 Å². The van der Waals surface area contributed by atoms with Gasteiger partial charge in [-0.2, -0.15) is 0 Å². The van der Waals surface area contributed by atoms with Crippen molar-refractivity contribution in [2.75, 3.05) is 20.3 Å². The highest BCUT2D eigenvalue weighted by atomic mass is 35.5. The molecule has 0 aliphatic heterocycles. The molecule has 0 saturated heterocycles. The van der Waals surface area contributed by atoms with E-state index in [1.54, 1.807) is 19.2 Å². The Kier molecular flexibility index (Phi) is 5.54. The molecule has 2 nitrogen and oxygen atoms in total. The molecule has 0 atom stereocenters. The summed E-state index contributed by atoms with van der Waals surface area (Å²) in [6, 6.07) is 3.36. The first-order valence-corrected chi connectivity index (χ1v) is 5.63. The zero-order chi connectivity index (χ0) is 11.3. The topological polar surface area (TPSA) is 18.5 Å². The third-order valence-electron chi connectivity index (χ3n) is 1.76. The van der Waals surface area contributed by atoms with Crippen LogP contribution in [0, 0.1) is 0 Å². The van der Waals surface area contributed by atoms with Gasteiger partial charge in [0.2, 0.25) is 0 Å². The van der Waals surface area contributed by atoms with Crippen molar-refractivity contribution in [2.45, 2.75) is 5.88 Å². The average molecular weight is 270 g/mol. The molecule has 0 fully saturated rings. The molecule has 0 aliphatic carbocycles. The minimum absolute atomic E-state index is 0.308. The summed E-state index contributed by atoms with van der Waals surface area (Å²) in [5.41, 5.74) is 0.783. The molecule has 15 heavy (non-hydrogen) atoms. The second-order valence-corrected chi connectivity index (χ2v) is 3.96. The predicted molar refractivity (Wildman–Crippen MR) is 63.4 cm³/mol. The molecule has 0 N–H and O–H groups in total. The molecule has 0 unspecified atom stereocenters. The van der Waals surface area contributed by atoms with Crippen molar-refractivity contribution in [3.05, 3.63) is 27.7 Å². The Hall–Kier alpha value is -0.150. The number of rotatable bonds is 5. The van der Waals surface area contributed by atoms with Crippen LogP contribution in [-0.4, -0.2) is 20.3 Å². The molecular formula is C10H11Cl3O2. The molecule has 0 aromatic heterocycles. The first-order chi connectivity index (χ1) is 7.19. The smallest absolute Gasteiger partial charge is 0.142 e. The minimum Gasteiger partial charge on any atom is -0.489 e. The summed E-state index contributed by atoms with van der Waals surface area (Å²) in [5, 5.41) is 1.02. The van der Waals surface area contributed by atoms with Gasteiger partial charge in [-0.05, 0) is 12.1 Å². The number of hydrogen-bond acceptors (Lipinski definition) is 2. The molecule has 84 valence electrons. The number of benzene rings is 1. The van der Waals surface area contributed by atoms with Gasteiger partial charge in [0.1, 0.15) is 12.4 Å². The maximum absolute atomic E-state index is 5.98. The molecule has 1 rings (SSSR count). The second kappa shape index (κ2) is 6.44. The highest BCUT2D eigenvalue weighted by Crippen LogP contribution is 2.33. The average Bonchev–Trinajstić information content (AvgIpc) is 2.20. The maximum atomic E-state index is 5.98.